The van der Waals surface area contributed by atoms with Gasteiger partial charge in [-0.15, -0.1) is 0 Å². The maximum atomic E-state index is 12.0. The molecule has 0 saturated carbocycles. The van der Waals surface area contributed by atoms with Crippen LogP contribution in [0.4, 0.5) is 5.69 Å². The van der Waals surface area contributed by atoms with E-state index in [1.807, 2.05) is 19.1 Å². The lowest BCUT2D eigenvalue weighted by Gasteiger charge is -2.15. The number of anilines is 1. The molecule has 0 saturated heterocycles. The van der Waals surface area contributed by atoms with Gasteiger partial charge in [0.05, 0.1) is 12.1 Å². The third-order valence-electron chi connectivity index (χ3n) is 4.10. The number of carbonyl (C=O) groups excluding carboxylic acids is 1. The highest BCUT2D eigenvalue weighted by Gasteiger charge is 2.09. The summed E-state index contributed by atoms with van der Waals surface area (Å²) in [5.41, 5.74) is 4.34. The topological polar surface area (TPSA) is 78.4 Å². The van der Waals surface area contributed by atoms with Crippen LogP contribution in [0.3, 0.4) is 0 Å². The summed E-state index contributed by atoms with van der Waals surface area (Å²) in [4.78, 5) is 23.0. The van der Waals surface area contributed by atoms with Gasteiger partial charge in [0.15, 0.2) is 0 Å². The molecule has 0 aliphatic heterocycles. The molecule has 2 aromatic carbocycles. The van der Waals surface area contributed by atoms with E-state index in [0.29, 0.717) is 12.5 Å². The first-order valence-electron chi connectivity index (χ1n) is 8.30. The van der Waals surface area contributed by atoms with Crippen molar-refractivity contribution in [3.05, 3.63) is 64.7 Å². The van der Waals surface area contributed by atoms with Crippen molar-refractivity contribution < 1.29 is 14.7 Å². The molecule has 0 spiro atoms. The van der Waals surface area contributed by atoms with Gasteiger partial charge in [0.25, 0.3) is 0 Å². The predicted molar refractivity (Wildman–Crippen MR) is 99.0 cm³/mol. The molecule has 0 unspecified atom stereocenters. The van der Waals surface area contributed by atoms with Crippen molar-refractivity contribution in [2.75, 3.05) is 11.9 Å². The van der Waals surface area contributed by atoms with Crippen LogP contribution in [-0.4, -0.2) is 23.5 Å². The molecular weight excluding hydrogens is 316 g/mol. The van der Waals surface area contributed by atoms with Crippen molar-refractivity contribution in [2.24, 2.45) is 0 Å². The fourth-order valence-electron chi connectivity index (χ4n) is 2.72. The van der Waals surface area contributed by atoms with Crippen LogP contribution in [0.1, 0.15) is 46.8 Å². The van der Waals surface area contributed by atoms with Crippen molar-refractivity contribution in [2.45, 2.75) is 33.2 Å². The molecule has 0 heterocycles. The van der Waals surface area contributed by atoms with Crippen LogP contribution in [-0.2, 0) is 11.3 Å². The van der Waals surface area contributed by atoms with E-state index in [2.05, 4.69) is 30.5 Å². The number of carboxylic acid groups (broad SMARTS) is 1. The van der Waals surface area contributed by atoms with Crippen LogP contribution in [0.15, 0.2) is 42.5 Å². The Bertz CT molecular complexity index is 769. The predicted octanol–water partition coefficient (Wildman–Crippen LogP) is 3.54. The fourth-order valence-corrected chi connectivity index (χ4v) is 2.72. The average Bonchev–Trinajstić information content (AvgIpc) is 2.59. The van der Waals surface area contributed by atoms with Gasteiger partial charge in [-0.05, 0) is 47.7 Å². The summed E-state index contributed by atoms with van der Waals surface area (Å²) in [7, 11) is 0. The molecule has 0 aliphatic carbocycles. The molecular formula is C20H24N2O3. The molecule has 0 fully saturated rings. The Balaban J connectivity index is 1.90. The quantitative estimate of drug-likeness (QED) is 0.720. The molecule has 132 valence electrons. The summed E-state index contributed by atoms with van der Waals surface area (Å²) in [5, 5.41) is 15.0. The normalized spacial score (nSPS) is 10.6. The van der Waals surface area contributed by atoms with E-state index < -0.39 is 5.97 Å². The van der Waals surface area contributed by atoms with Gasteiger partial charge in [-0.3, -0.25) is 4.79 Å². The minimum atomic E-state index is -0.977. The number of hydrogen-bond donors (Lipinski definition) is 3. The first kappa shape index (κ1) is 18.5. The van der Waals surface area contributed by atoms with Gasteiger partial charge in [-0.1, -0.05) is 38.1 Å². The Morgan fingerprint density at radius 1 is 1.12 bits per heavy atom. The summed E-state index contributed by atoms with van der Waals surface area (Å²) in [6.07, 6.45) is 0. The van der Waals surface area contributed by atoms with Crippen molar-refractivity contribution in [1.29, 1.82) is 0 Å². The zero-order valence-corrected chi connectivity index (χ0v) is 14.8. The number of carbonyl (C=O) groups is 2. The number of aromatic carboxylic acids is 1. The molecule has 2 aromatic rings. The summed E-state index contributed by atoms with van der Waals surface area (Å²) in [6, 6.07) is 12.6. The van der Waals surface area contributed by atoms with Gasteiger partial charge in [0.1, 0.15) is 0 Å². The highest BCUT2D eigenvalue weighted by atomic mass is 16.4. The maximum Gasteiger partial charge on any atom is 0.335 e. The molecule has 25 heavy (non-hydrogen) atoms. The zero-order chi connectivity index (χ0) is 18.4. The second kappa shape index (κ2) is 8.33. The lowest BCUT2D eigenvalue weighted by molar-refractivity contribution is -0.119. The highest BCUT2D eigenvalue weighted by Crippen LogP contribution is 2.24. The monoisotopic (exact) mass is 340 g/mol. The third kappa shape index (κ3) is 5.08. The summed E-state index contributed by atoms with van der Waals surface area (Å²) in [6.45, 7) is 6.80. The van der Waals surface area contributed by atoms with Crippen molar-refractivity contribution >= 4 is 17.6 Å². The molecule has 5 nitrogen and oxygen atoms in total. The molecule has 0 radical (unpaired) electrons. The molecule has 0 aliphatic rings. The van der Waals surface area contributed by atoms with E-state index in [1.54, 1.807) is 18.2 Å². The van der Waals surface area contributed by atoms with E-state index in [1.165, 1.54) is 11.6 Å². The van der Waals surface area contributed by atoms with Crippen molar-refractivity contribution in [1.82, 2.24) is 5.32 Å². The van der Waals surface area contributed by atoms with Crippen LogP contribution in [0, 0.1) is 6.92 Å². The standard InChI is InChI=1S/C20H24N2O3/c1-13(2)17-8-5-9-18(14(17)3)21-12-19(23)22-11-15-6-4-7-16(10-15)20(24)25/h4-10,13,21H,11-12H2,1-3H3,(H,22,23)(H,24,25). The molecule has 2 rings (SSSR count). The first-order chi connectivity index (χ1) is 11.9. The molecule has 0 aromatic heterocycles. The summed E-state index contributed by atoms with van der Waals surface area (Å²) >= 11 is 0. The van der Waals surface area contributed by atoms with Crippen LogP contribution in [0.5, 0.6) is 0 Å². The van der Waals surface area contributed by atoms with Gasteiger partial charge in [0, 0.05) is 12.2 Å². The lowest BCUT2D eigenvalue weighted by Crippen LogP contribution is -2.29. The Morgan fingerprint density at radius 3 is 2.52 bits per heavy atom. The fraction of sp³-hybridized carbons (Fsp3) is 0.300. The van der Waals surface area contributed by atoms with E-state index in [4.69, 9.17) is 5.11 Å². The molecule has 3 N–H and O–H groups in total. The van der Waals surface area contributed by atoms with Gasteiger partial charge in [-0.2, -0.15) is 0 Å². The molecule has 0 atom stereocenters. The van der Waals surface area contributed by atoms with Gasteiger partial charge >= 0.3 is 5.97 Å². The second-order valence-corrected chi connectivity index (χ2v) is 6.31. The van der Waals surface area contributed by atoms with E-state index in [9.17, 15) is 9.59 Å². The Kier molecular flexibility index (Phi) is 6.17. The van der Waals surface area contributed by atoms with E-state index in [0.717, 1.165) is 16.8 Å². The highest BCUT2D eigenvalue weighted by molar-refractivity contribution is 5.87. The number of nitrogens with one attached hydrogen (secondary N) is 2. The first-order valence-corrected chi connectivity index (χ1v) is 8.30. The second-order valence-electron chi connectivity index (χ2n) is 6.31. The Labute approximate surface area is 148 Å². The van der Waals surface area contributed by atoms with E-state index in [-0.39, 0.29) is 18.0 Å². The number of rotatable bonds is 7. The lowest BCUT2D eigenvalue weighted by atomic mass is 9.97. The van der Waals surface area contributed by atoms with Crippen molar-refractivity contribution in [3.8, 4) is 0 Å². The largest absolute Gasteiger partial charge is 0.478 e. The number of hydrogen-bond acceptors (Lipinski definition) is 3. The van der Waals surface area contributed by atoms with Gasteiger partial charge in [-0.25, -0.2) is 4.79 Å². The van der Waals surface area contributed by atoms with Crippen LogP contribution in [0.2, 0.25) is 0 Å². The van der Waals surface area contributed by atoms with E-state index >= 15 is 0 Å². The van der Waals surface area contributed by atoms with Crippen LogP contribution < -0.4 is 10.6 Å². The minimum Gasteiger partial charge on any atom is -0.478 e. The SMILES string of the molecule is Cc1c(NCC(=O)NCc2cccc(C(=O)O)c2)cccc1C(C)C. The smallest absolute Gasteiger partial charge is 0.335 e. The average molecular weight is 340 g/mol. The zero-order valence-electron chi connectivity index (χ0n) is 14.8. The molecule has 1 amide bonds. The number of amides is 1. The van der Waals surface area contributed by atoms with Crippen LogP contribution in [0.25, 0.3) is 0 Å². The Morgan fingerprint density at radius 2 is 1.84 bits per heavy atom. The Hall–Kier alpha value is -2.82. The maximum absolute atomic E-state index is 12.0. The van der Waals surface area contributed by atoms with Crippen LogP contribution >= 0.6 is 0 Å². The van der Waals surface area contributed by atoms with Crippen molar-refractivity contribution in [3.63, 3.8) is 0 Å². The minimum absolute atomic E-state index is 0.143. The summed E-state index contributed by atoms with van der Waals surface area (Å²) < 4.78 is 0. The van der Waals surface area contributed by atoms with Gasteiger partial charge in [0.2, 0.25) is 5.91 Å². The molecule has 5 heteroatoms. The number of carboxylic acids is 1. The summed E-state index contributed by atoms with van der Waals surface area (Å²) in [5.74, 6) is -0.692. The number of benzene rings is 2. The molecule has 0 bridgehead atoms. The van der Waals surface area contributed by atoms with Gasteiger partial charge < -0.3 is 15.7 Å². The third-order valence-corrected chi connectivity index (χ3v) is 4.10.